The molecule has 5 nitrogen and oxygen atoms in total. The first-order valence-electron chi connectivity index (χ1n) is 6.04. The maximum absolute atomic E-state index is 11.6. The Morgan fingerprint density at radius 1 is 1.59 bits per heavy atom. The number of amides is 1. The fourth-order valence-corrected chi connectivity index (χ4v) is 1.91. The predicted molar refractivity (Wildman–Crippen MR) is 64.7 cm³/mol. The number of morpholine rings is 1. The molecule has 17 heavy (non-hydrogen) atoms. The molecule has 2 heterocycles. The van der Waals surface area contributed by atoms with E-state index < -0.39 is 0 Å². The van der Waals surface area contributed by atoms with Gasteiger partial charge in [-0.05, 0) is 18.1 Å². The van der Waals surface area contributed by atoms with Gasteiger partial charge < -0.3 is 20.4 Å². The highest BCUT2D eigenvalue weighted by Crippen LogP contribution is 1.99. The van der Waals surface area contributed by atoms with Crippen LogP contribution < -0.4 is 10.6 Å². The molecule has 0 aromatic carbocycles. The summed E-state index contributed by atoms with van der Waals surface area (Å²) < 4.78 is 5.30. The van der Waals surface area contributed by atoms with Crippen molar-refractivity contribution in [2.24, 2.45) is 0 Å². The van der Waals surface area contributed by atoms with Crippen LogP contribution >= 0.6 is 0 Å². The molecule has 0 spiro atoms. The molecule has 0 bridgehead atoms. The summed E-state index contributed by atoms with van der Waals surface area (Å²) in [4.78, 5) is 14.6. The largest absolute Gasteiger partial charge is 0.378 e. The molecule has 94 valence electrons. The van der Waals surface area contributed by atoms with Gasteiger partial charge in [0.15, 0.2) is 0 Å². The Morgan fingerprint density at radius 2 is 2.53 bits per heavy atom. The second kappa shape index (κ2) is 6.42. The smallest absolute Gasteiger partial charge is 0.221 e. The molecule has 1 fully saturated rings. The molecule has 1 unspecified atom stereocenters. The van der Waals surface area contributed by atoms with Crippen LogP contribution in [0.4, 0.5) is 0 Å². The summed E-state index contributed by atoms with van der Waals surface area (Å²) >= 11 is 0. The van der Waals surface area contributed by atoms with Gasteiger partial charge in [0.05, 0.1) is 13.2 Å². The normalized spacial score (nSPS) is 20.1. The molecule has 3 N–H and O–H groups in total. The minimum absolute atomic E-state index is 0.0866. The number of hydrogen-bond donors (Lipinski definition) is 3. The number of rotatable bonds is 5. The van der Waals surface area contributed by atoms with Gasteiger partial charge in [-0.25, -0.2) is 0 Å². The van der Waals surface area contributed by atoms with Gasteiger partial charge in [0.25, 0.3) is 0 Å². The van der Waals surface area contributed by atoms with Gasteiger partial charge in [0.2, 0.25) is 5.91 Å². The van der Waals surface area contributed by atoms with Gasteiger partial charge in [-0.3, -0.25) is 4.79 Å². The molecule has 1 aliphatic rings. The van der Waals surface area contributed by atoms with E-state index in [1.54, 1.807) is 0 Å². The first-order chi connectivity index (χ1) is 8.34. The Bertz CT molecular complexity index is 332. The lowest BCUT2D eigenvalue weighted by Crippen LogP contribution is -2.44. The van der Waals surface area contributed by atoms with E-state index in [0.717, 1.165) is 19.6 Å². The van der Waals surface area contributed by atoms with Crippen molar-refractivity contribution in [3.05, 3.63) is 24.0 Å². The van der Waals surface area contributed by atoms with E-state index in [9.17, 15) is 4.79 Å². The van der Waals surface area contributed by atoms with Crippen LogP contribution in [0.5, 0.6) is 0 Å². The summed E-state index contributed by atoms with van der Waals surface area (Å²) in [6, 6.07) is 2.18. The average Bonchev–Trinajstić information content (AvgIpc) is 2.83. The molecule has 2 rings (SSSR count). The Balaban J connectivity index is 1.60. The average molecular weight is 237 g/mol. The van der Waals surface area contributed by atoms with E-state index in [4.69, 9.17) is 4.74 Å². The molecule has 1 saturated heterocycles. The van der Waals surface area contributed by atoms with Crippen molar-refractivity contribution in [1.29, 1.82) is 0 Å². The SMILES string of the molecule is O=C(CC1COCCN1)NCCc1cc[nH]c1. The number of aromatic nitrogens is 1. The van der Waals surface area contributed by atoms with Crippen LogP contribution in [0.2, 0.25) is 0 Å². The summed E-state index contributed by atoms with van der Waals surface area (Å²) in [6.45, 7) is 2.89. The van der Waals surface area contributed by atoms with Crippen molar-refractivity contribution < 1.29 is 9.53 Å². The van der Waals surface area contributed by atoms with Crippen molar-refractivity contribution in [2.45, 2.75) is 18.9 Å². The lowest BCUT2D eigenvalue weighted by Gasteiger charge is -2.23. The standard InChI is InChI=1S/C12H19N3O2/c16-12(7-11-9-17-6-5-14-11)15-4-2-10-1-3-13-8-10/h1,3,8,11,13-14H,2,4-7,9H2,(H,15,16). The minimum Gasteiger partial charge on any atom is -0.378 e. The van der Waals surface area contributed by atoms with Crippen molar-refractivity contribution in [3.8, 4) is 0 Å². The molecule has 1 aromatic rings. The van der Waals surface area contributed by atoms with Crippen molar-refractivity contribution in [1.82, 2.24) is 15.6 Å². The molecular formula is C12H19N3O2. The molecule has 0 saturated carbocycles. The van der Waals surface area contributed by atoms with Crippen LogP contribution in [0, 0.1) is 0 Å². The number of nitrogens with one attached hydrogen (secondary N) is 3. The monoisotopic (exact) mass is 237 g/mol. The van der Waals surface area contributed by atoms with E-state index in [1.807, 2.05) is 18.5 Å². The first-order valence-corrected chi connectivity index (χ1v) is 6.04. The first kappa shape index (κ1) is 12.1. The summed E-state index contributed by atoms with van der Waals surface area (Å²) in [5.74, 6) is 0.0866. The Labute approximate surface area is 101 Å². The van der Waals surface area contributed by atoms with Crippen LogP contribution in [0.25, 0.3) is 0 Å². The second-order valence-electron chi connectivity index (χ2n) is 4.25. The van der Waals surface area contributed by atoms with Crippen molar-refractivity contribution in [3.63, 3.8) is 0 Å². The van der Waals surface area contributed by atoms with Crippen molar-refractivity contribution in [2.75, 3.05) is 26.3 Å². The van der Waals surface area contributed by atoms with Crippen molar-refractivity contribution >= 4 is 5.91 Å². The maximum Gasteiger partial charge on any atom is 0.221 e. The molecule has 1 amide bonds. The van der Waals surface area contributed by atoms with Crippen LogP contribution in [0.1, 0.15) is 12.0 Å². The molecule has 5 heteroatoms. The minimum atomic E-state index is 0.0866. The quantitative estimate of drug-likeness (QED) is 0.678. The van der Waals surface area contributed by atoms with Crippen LogP contribution in [-0.2, 0) is 16.0 Å². The molecule has 1 atom stereocenters. The highest BCUT2D eigenvalue weighted by Gasteiger charge is 2.16. The number of carbonyl (C=O) groups excluding carboxylic acids is 1. The summed E-state index contributed by atoms with van der Waals surface area (Å²) in [7, 11) is 0. The number of hydrogen-bond acceptors (Lipinski definition) is 3. The molecule has 1 aliphatic heterocycles. The number of carbonyl (C=O) groups is 1. The number of H-pyrrole nitrogens is 1. The van der Waals surface area contributed by atoms with Gasteiger partial charge in [-0.15, -0.1) is 0 Å². The Kier molecular flexibility index (Phi) is 4.58. The molecule has 1 aromatic heterocycles. The van der Waals surface area contributed by atoms with Crippen LogP contribution in [0.3, 0.4) is 0 Å². The van der Waals surface area contributed by atoms with Crippen LogP contribution in [-0.4, -0.2) is 43.2 Å². The third-order valence-corrected chi connectivity index (χ3v) is 2.83. The van der Waals surface area contributed by atoms with E-state index >= 15 is 0 Å². The second-order valence-corrected chi connectivity index (χ2v) is 4.25. The van der Waals surface area contributed by atoms with Gasteiger partial charge >= 0.3 is 0 Å². The molecular weight excluding hydrogens is 218 g/mol. The third kappa shape index (κ3) is 4.20. The predicted octanol–water partition coefficient (Wildman–Crippen LogP) is 0.0519. The lowest BCUT2D eigenvalue weighted by atomic mass is 10.2. The summed E-state index contributed by atoms with van der Waals surface area (Å²) in [5, 5.41) is 6.18. The maximum atomic E-state index is 11.6. The highest BCUT2D eigenvalue weighted by atomic mass is 16.5. The Hall–Kier alpha value is -1.33. The Morgan fingerprint density at radius 3 is 3.24 bits per heavy atom. The summed E-state index contributed by atoms with van der Waals surface area (Å²) in [6.07, 6.45) is 5.19. The molecule has 0 aliphatic carbocycles. The highest BCUT2D eigenvalue weighted by molar-refractivity contribution is 5.76. The van der Waals surface area contributed by atoms with Gasteiger partial charge in [-0.1, -0.05) is 0 Å². The van der Waals surface area contributed by atoms with E-state index in [1.165, 1.54) is 5.56 Å². The lowest BCUT2D eigenvalue weighted by molar-refractivity contribution is -0.122. The number of aromatic amines is 1. The van der Waals surface area contributed by atoms with Gasteiger partial charge in [0.1, 0.15) is 0 Å². The topological polar surface area (TPSA) is 66.2 Å². The fourth-order valence-electron chi connectivity index (χ4n) is 1.91. The molecule has 0 radical (unpaired) electrons. The van der Waals surface area contributed by atoms with Gasteiger partial charge in [-0.2, -0.15) is 0 Å². The third-order valence-electron chi connectivity index (χ3n) is 2.83. The van der Waals surface area contributed by atoms with E-state index in [0.29, 0.717) is 19.6 Å². The zero-order valence-corrected chi connectivity index (χ0v) is 9.87. The van der Waals surface area contributed by atoms with Crippen LogP contribution in [0.15, 0.2) is 18.5 Å². The van der Waals surface area contributed by atoms with E-state index in [2.05, 4.69) is 15.6 Å². The number of ether oxygens (including phenoxy) is 1. The summed E-state index contributed by atoms with van der Waals surface area (Å²) in [5.41, 5.74) is 1.21. The van der Waals surface area contributed by atoms with Gasteiger partial charge in [0, 0.05) is 37.9 Å². The fraction of sp³-hybridized carbons (Fsp3) is 0.583. The van der Waals surface area contributed by atoms with E-state index in [-0.39, 0.29) is 11.9 Å². The zero-order chi connectivity index (χ0) is 11.9. The zero-order valence-electron chi connectivity index (χ0n) is 9.87.